The molecule has 2 saturated heterocycles. The van der Waals surface area contributed by atoms with Crippen molar-refractivity contribution in [2.24, 2.45) is 11.3 Å². The van der Waals surface area contributed by atoms with E-state index in [0.717, 1.165) is 58.8 Å². The number of aryl methyl sites for hydroxylation is 1. The highest BCUT2D eigenvalue weighted by atomic mass is 32.1. The van der Waals surface area contributed by atoms with Gasteiger partial charge in [0.2, 0.25) is 5.91 Å². The molecule has 30 heavy (non-hydrogen) atoms. The molecule has 1 spiro atoms. The van der Waals surface area contributed by atoms with E-state index in [1.807, 2.05) is 11.3 Å². The molecule has 0 radical (unpaired) electrons. The van der Waals surface area contributed by atoms with Gasteiger partial charge in [0.25, 0.3) is 0 Å². The van der Waals surface area contributed by atoms with Gasteiger partial charge in [-0.25, -0.2) is 0 Å². The van der Waals surface area contributed by atoms with Crippen molar-refractivity contribution in [3.05, 3.63) is 57.8 Å². The highest BCUT2D eigenvalue weighted by Gasteiger charge is 2.59. The van der Waals surface area contributed by atoms with Crippen LogP contribution in [-0.4, -0.2) is 59.9 Å². The summed E-state index contributed by atoms with van der Waals surface area (Å²) in [6, 6.07) is 15.2. The van der Waals surface area contributed by atoms with Crippen molar-refractivity contribution in [1.29, 1.82) is 0 Å². The molecule has 3 heterocycles. The molecule has 1 unspecified atom stereocenters. The Morgan fingerprint density at radius 3 is 2.30 bits per heavy atom. The van der Waals surface area contributed by atoms with Crippen molar-refractivity contribution in [2.45, 2.75) is 39.3 Å². The average molecular weight is 424 g/mol. The van der Waals surface area contributed by atoms with Crippen molar-refractivity contribution in [1.82, 2.24) is 14.7 Å². The molecule has 1 aliphatic carbocycles. The highest BCUT2D eigenvalue weighted by molar-refractivity contribution is 7.11. The minimum atomic E-state index is 0.296. The Balaban J connectivity index is 1.08. The Morgan fingerprint density at radius 1 is 0.933 bits per heavy atom. The summed E-state index contributed by atoms with van der Waals surface area (Å²) in [6.07, 6.45) is 3.52. The number of piperidine rings is 1. The predicted octanol–water partition coefficient (Wildman–Crippen LogP) is 4.00. The first kappa shape index (κ1) is 20.2. The second-order valence-corrected chi connectivity index (χ2v) is 10.9. The van der Waals surface area contributed by atoms with Crippen molar-refractivity contribution >= 4 is 17.2 Å². The topological polar surface area (TPSA) is 26.8 Å². The Bertz CT molecular complexity index is 864. The van der Waals surface area contributed by atoms with E-state index in [2.05, 4.69) is 64.1 Å². The number of hydrogen-bond acceptors (Lipinski definition) is 4. The number of amides is 1. The van der Waals surface area contributed by atoms with Crippen LogP contribution in [0.2, 0.25) is 0 Å². The molecule has 3 aliphatic rings. The van der Waals surface area contributed by atoms with E-state index in [9.17, 15) is 4.79 Å². The number of thiophene rings is 1. The van der Waals surface area contributed by atoms with Crippen LogP contribution in [0.5, 0.6) is 0 Å². The number of rotatable bonds is 5. The average Bonchev–Trinajstić information content (AvgIpc) is 3.32. The number of carbonyl (C=O) groups is 1. The molecule has 0 bridgehead atoms. The fraction of sp³-hybridized carbons (Fsp3) is 0.560. The molecule has 1 aromatic carbocycles. The normalized spacial score (nSPS) is 24.3. The maximum atomic E-state index is 13.2. The highest BCUT2D eigenvalue weighted by Crippen LogP contribution is 2.60. The zero-order valence-electron chi connectivity index (χ0n) is 18.1. The fourth-order valence-corrected chi connectivity index (χ4v) is 6.32. The summed E-state index contributed by atoms with van der Waals surface area (Å²) >= 11 is 1.92. The summed E-state index contributed by atoms with van der Waals surface area (Å²) in [5.41, 5.74) is 1.68. The summed E-state index contributed by atoms with van der Waals surface area (Å²) in [5, 5.41) is 0. The zero-order valence-corrected chi connectivity index (χ0v) is 18.9. The van der Waals surface area contributed by atoms with Gasteiger partial charge in [-0.15, -0.1) is 11.3 Å². The Hall–Kier alpha value is -1.69. The third-order valence-corrected chi connectivity index (χ3v) is 8.43. The van der Waals surface area contributed by atoms with Gasteiger partial charge in [-0.3, -0.25) is 14.6 Å². The van der Waals surface area contributed by atoms with Crippen LogP contribution in [0.25, 0.3) is 0 Å². The van der Waals surface area contributed by atoms with Crippen LogP contribution in [0, 0.1) is 18.3 Å². The lowest BCUT2D eigenvalue weighted by Gasteiger charge is -2.36. The molecule has 4 nitrogen and oxygen atoms in total. The predicted molar refractivity (Wildman–Crippen MR) is 122 cm³/mol. The van der Waals surface area contributed by atoms with E-state index in [1.54, 1.807) is 0 Å². The van der Waals surface area contributed by atoms with Gasteiger partial charge in [-0.2, -0.15) is 0 Å². The molecule has 5 rings (SSSR count). The Morgan fingerprint density at radius 2 is 1.63 bits per heavy atom. The van der Waals surface area contributed by atoms with Gasteiger partial charge in [0.15, 0.2) is 0 Å². The lowest BCUT2D eigenvalue weighted by molar-refractivity contribution is -0.135. The molecule has 160 valence electrons. The largest absolute Gasteiger partial charge is 0.340 e. The van der Waals surface area contributed by atoms with Gasteiger partial charge in [0.1, 0.15) is 0 Å². The van der Waals surface area contributed by atoms with E-state index in [4.69, 9.17) is 0 Å². The van der Waals surface area contributed by atoms with E-state index in [0.29, 0.717) is 17.2 Å². The second kappa shape index (κ2) is 8.45. The van der Waals surface area contributed by atoms with E-state index in [-0.39, 0.29) is 0 Å². The monoisotopic (exact) mass is 423 g/mol. The number of piperazine rings is 1. The van der Waals surface area contributed by atoms with Crippen LogP contribution in [-0.2, 0) is 17.9 Å². The van der Waals surface area contributed by atoms with E-state index < -0.39 is 0 Å². The molecule has 1 atom stereocenters. The first-order valence-corrected chi connectivity index (χ1v) is 12.3. The van der Waals surface area contributed by atoms with Crippen LogP contribution in [0.15, 0.2) is 42.5 Å². The number of hydrogen-bond donors (Lipinski definition) is 0. The first-order valence-electron chi connectivity index (χ1n) is 11.4. The summed E-state index contributed by atoms with van der Waals surface area (Å²) in [5.74, 6) is 0.737. The molecule has 1 saturated carbocycles. The molecular weight excluding hydrogens is 390 g/mol. The van der Waals surface area contributed by atoms with Gasteiger partial charge in [0, 0.05) is 54.9 Å². The lowest BCUT2D eigenvalue weighted by Crippen LogP contribution is -2.49. The van der Waals surface area contributed by atoms with Gasteiger partial charge < -0.3 is 4.90 Å². The number of carbonyl (C=O) groups excluding carboxylic acids is 1. The molecule has 0 N–H and O–H groups in total. The SMILES string of the molecule is Cc1ccc(CN2CCC3(CC2)CC3C(=O)N2CCN(Cc3ccccc3)CC2)s1. The Labute approximate surface area is 184 Å². The van der Waals surface area contributed by atoms with Crippen LogP contribution in [0.4, 0.5) is 0 Å². The van der Waals surface area contributed by atoms with Crippen molar-refractivity contribution in [2.75, 3.05) is 39.3 Å². The van der Waals surface area contributed by atoms with E-state index in [1.165, 1.54) is 28.2 Å². The standard InChI is InChI=1S/C25H33N3OS/c1-20-7-8-22(30-20)19-26-11-9-25(10-12-26)17-23(25)24(29)28-15-13-27(14-16-28)18-21-5-3-2-4-6-21/h2-8,23H,9-19H2,1H3. The van der Waals surface area contributed by atoms with Crippen LogP contribution in [0.3, 0.4) is 0 Å². The van der Waals surface area contributed by atoms with Gasteiger partial charge in [-0.1, -0.05) is 30.3 Å². The molecular formula is C25H33N3OS. The summed E-state index contributed by atoms with van der Waals surface area (Å²) in [7, 11) is 0. The quantitative estimate of drug-likeness (QED) is 0.727. The smallest absolute Gasteiger partial charge is 0.226 e. The van der Waals surface area contributed by atoms with Crippen molar-refractivity contribution in [3.8, 4) is 0 Å². The van der Waals surface area contributed by atoms with Gasteiger partial charge >= 0.3 is 0 Å². The van der Waals surface area contributed by atoms with Gasteiger partial charge in [0.05, 0.1) is 0 Å². The summed E-state index contributed by atoms with van der Waals surface area (Å²) < 4.78 is 0. The molecule has 3 fully saturated rings. The Kier molecular flexibility index (Phi) is 5.69. The maximum absolute atomic E-state index is 13.2. The molecule has 5 heteroatoms. The zero-order chi connectivity index (χ0) is 20.6. The van der Waals surface area contributed by atoms with Crippen LogP contribution >= 0.6 is 11.3 Å². The first-order chi connectivity index (χ1) is 14.6. The minimum absolute atomic E-state index is 0.296. The third kappa shape index (κ3) is 4.34. The van der Waals surface area contributed by atoms with E-state index >= 15 is 0 Å². The van der Waals surface area contributed by atoms with Crippen LogP contribution in [0.1, 0.15) is 34.6 Å². The second-order valence-electron chi connectivity index (χ2n) is 9.49. The number of likely N-dealkylation sites (tertiary alicyclic amines) is 1. The third-order valence-electron chi connectivity index (χ3n) is 7.45. The molecule has 1 amide bonds. The number of benzene rings is 1. The molecule has 2 aliphatic heterocycles. The summed E-state index contributed by atoms with van der Waals surface area (Å²) in [4.78, 5) is 23.3. The number of nitrogens with zero attached hydrogens (tertiary/aromatic N) is 3. The van der Waals surface area contributed by atoms with Crippen LogP contribution < -0.4 is 0 Å². The lowest BCUT2D eigenvalue weighted by atomic mass is 9.90. The fourth-order valence-electron chi connectivity index (χ4n) is 5.38. The van der Waals surface area contributed by atoms with Crippen molar-refractivity contribution in [3.63, 3.8) is 0 Å². The molecule has 1 aromatic heterocycles. The summed E-state index contributed by atoms with van der Waals surface area (Å²) in [6.45, 7) is 10.3. The van der Waals surface area contributed by atoms with Crippen molar-refractivity contribution < 1.29 is 4.79 Å². The molecule has 2 aromatic rings. The maximum Gasteiger partial charge on any atom is 0.226 e. The minimum Gasteiger partial charge on any atom is -0.340 e. The van der Waals surface area contributed by atoms with Gasteiger partial charge in [-0.05, 0) is 62.4 Å².